The number of alkyl halides is 3. The van der Waals surface area contributed by atoms with Gasteiger partial charge in [-0.3, -0.25) is 0 Å². The maximum Gasteiger partial charge on any atom is 0.410 e. The van der Waals surface area contributed by atoms with Crippen LogP contribution in [0.5, 0.6) is 0 Å². The normalized spacial score (nSPS) is 17.8. The van der Waals surface area contributed by atoms with Gasteiger partial charge < -0.3 is 14.4 Å². The molecule has 0 radical (unpaired) electrons. The highest BCUT2D eigenvalue weighted by molar-refractivity contribution is 6.35. The molecule has 1 unspecified atom stereocenters. The highest BCUT2D eigenvalue weighted by Gasteiger charge is 2.56. The van der Waals surface area contributed by atoms with E-state index >= 15 is 0 Å². The third kappa shape index (κ3) is 5.43. The van der Waals surface area contributed by atoms with Crippen LogP contribution in [0.2, 0.25) is 10.0 Å². The number of amides is 1. The smallest absolute Gasteiger partial charge is 0.410 e. The fourth-order valence-corrected chi connectivity index (χ4v) is 5.66. The average Bonchev–Trinajstić information content (AvgIpc) is 3.18. The fraction of sp³-hybridized carbons (Fsp3) is 0.414. The largest absolute Gasteiger partial charge is 0.444 e. The number of hydrogen-bond acceptors (Lipinski definition) is 3. The molecule has 210 valence electrons. The summed E-state index contributed by atoms with van der Waals surface area (Å²) in [4.78, 5) is 13.9. The lowest BCUT2D eigenvalue weighted by atomic mass is 9.71. The van der Waals surface area contributed by atoms with Crippen molar-refractivity contribution < 1.29 is 31.8 Å². The Labute approximate surface area is 235 Å². The van der Waals surface area contributed by atoms with Gasteiger partial charge in [-0.15, -0.1) is 6.58 Å². The number of carbonyl (C=O) groups is 1. The number of nitrogens with zero attached hydrogens (tertiary/aromatic N) is 1. The predicted molar refractivity (Wildman–Crippen MR) is 143 cm³/mol. The van der Waals surface area contributed by atoms with Crippen LogP contribution >= 0.6 is 23.2 Å². The monoisotopic (exact) mass is 585 g/mol. The molecule has 0 aliphatic carbocycles. The molecular weight excluding hydrogens is 557 g/mol. The topological polar surface area (TPSA) is 38.8 Å². The number of likely N-dealkylation sites (tertiary alicyclic amines) is 1. The Kier molecular flexibility index (Phi) is 7.64. The van der Waals surface area contributed by atoms with Crippen molar-refractivity contribution in [2.24, 2.45) is 0 Å². The number of halogens is 6. The van der Waals surface area contributed by atoms with Gasteiger partial charge in [-0.2, -0.15) is 13.2 Å². The van der Waals surface area contributed by atoms with E-state index in [-0.39, 0.29) is 17.7 Å². The van der Waals surface area contributed by atoms with Crippen LogP contribution in [0.4, 0.5) is 22.4 Å². The second kappa shape index (κ2) is 10.1. The standard InChI is InChI=1S/C29H29Cl2F4NO3/c1-6-9-27(29(33,34)35,20-11-22(30)24(32)23(31)12-20)13-17(2)18-7-8-21-19(10-18)14-38-28(21)15-36(16-28)25(37)39-26(3,4)5/h6-8,10-12H,1-2,9,13-16H2,3-5H3. The summed E-state index contributed by atoms with van der Waals surface area (Å²) in [6.45, 7) is 13.7. The molecule has 4 nitrogen and oxygen atoms in total. The van der Waals surface area contributed by atoms with E-state index in [1.165, 1.54) is 6.08 Å². The second-order valence-electron chi connectivity index (χ2n) is 11.1. The molecule has 0 N–H and O–H groups in total. The van der Waals surface area contributed by atoms with Gasteiger partial charge in [0.2, 0.25) is 0 Å². The molecule has 1 amide bonds. The third-order valence-corrected chi connectivity index (χ3v) is 7.69. The summed E-state index contributed by atoms with van der Waals surface area (Å²) in [5, 5.41) is -0.997. The first-order valence-electron chi connectivity index (χ1n) is 12.3. The van der Waals surface area contributed by atoms with Crippen LogP contribution in [0.25, 0.3) is 5.57 Å². The Morgan fingerprint density at radius 1 is 1.15 bits per heavy atom. The molecule has 2 heterocycles. The van der Waals surface area contributed by atoms with E-state index in [0.717, 1.165) is 23.3 Å². The molecule has 1 fully saturated rings. The van der Waals surface area contributed by atoms with Crippen LogP contribution in [0.1, 0.15) is 55.9 Å². The molecule has 0 aromatic heterocycles. The molecule has 2 aromatic carbocycles. The van der Waals surface area contributed by atoms with Gasteiger partial charge >= 0.3 is 12.3 Å². The zero-order valence-electron chi connectivity index (χ0n) is 21.9. The molecule has 4 rings (SSSR count). The summed E-state index contributed by atoms with van der Waals surface area (Å²) in [5.74, 6) is -0.982. The average molecular weight is 586 g/mol. The van der Waals surface area contributed by atoms with Gasteiger partial charge in [0.05, 0.1) is 35.2 Å². The highest BCUT2D eigenvalue weighted by Crippen LogP contribution is 2.51. The maximum absolute atomic E-state index is 14.7. The van der Waals surface area contributed by atoms with Crippen molar-refractivity contribution in [1.29, 1.82) is 0 Å². The van der Waals surface area contributed by atoms with Crippen molar-refractivity contribution in [3.8, 4) is 0 Å². The van der Waals surface area contributed by atoms with Crippen LogP contribution in [0.15, 0.2) is 49.6 Å². The lowest BCUT2D eigenvalue weighted by Gasteiger charge is -2.47. The fourth-order valence-electron chi connectivity index (χ4n) is 5.17. The Morgan fingerprint density at radius 3 is 2.31 bits per heavy atom. The Morgan fingerprint density at radius 2 is 1.77 bits per heavy atom. The van der Waals surface area contributed by atoms with Crippen molar-refractivity contribution >= 4 is 34.9 Å². The molecule has 1 atom stereocenters. The van der Waals surface area contributed by atoms with E-state index in [9.17, 15) is 22.4 Å². The van der Waals surface area contributed by atoms with Crippen molar-refractivity contribution in [2.75, 3.05) is 13.1 Å². The van der Waals surface area contributed by atoms with Crippen molar-refractivity contribution in [3.63, 3.8) is 0 Å². The number of allylic oxidation sites excluding steroid dienone is 2. The van der Waals surface area contributed by atoms with Crippen molar-refractivity contribution in [3.05, 3.63) is 87.7 Å². The molecule has 0 bridgehead atoms. The van der Waals surface area contributed by atoms with E-state index in [2.05, 4.69) is 13.2 Å². The van der Waals surface area contributed by atoms with Gasteiger partial charge in [-0.25, -0.2) is 9.18 Å². The molecule has 2 aliphatic heterocycles. The Hall–Kier alpha value is -2.55. The van der Waals surface area contributed by atoms with Gasteiger partial charge in [0, 0.05) is 0 Å². The first kappa shape index (κ1) is 29.4. The zero-order chi connectivity index (χ0) is 29.0. The van der Waals surface area contributed by atoms with Gasteiger partial charge in [0.1, 0.15) is 11.2 Å². The Balaban J connectivity index is 1.60. The minimum absolute atomic E-state index is 0.221. The zero-order valence-corrected chi connectivity index (χ0v) is 23.4. The van der Waals surface area contributed by atoms with E-state index in [0.29, 0.717) is 18.7 Å². The number of fused-ring (bicyclic) bond motifs is 2. The van der Waals surface area contributed by atoms with E-state index < -0.39 is 57.6 Å². The SMILES string of the molecule is C=CCC(CC(=C)c1ccc2c(c1)COC21CN(C(=O)OC(C)(C)C)C1)(c1cc(Cl)c(F)c(Cl)c1)C(F)(F)F. The number of benzene rings is 2. The third-order valence-electron chi connectivity index (χ3n) is 7.14. The van der Waals surface area contributed by atoms with E-state index in [1.807, 2.05) is 6.07 Å². The second-order valence-corrected chi connectivity index (χ2v) is 11.9. The first-order chi connectivity index (χ1) is 18.0. The van der Waals surface area contributed by atoms with Gasteiger partial charge in [-0.1, -0.05) is 48.0 Å². The quantitative estimate of drug-likeness (QED) is 0.193. The van der Waals surface area contributed by atoms with Crippen LogP contribution in [0, 0.1) is 5.82 Å². The van der Waals surface area contributed by atoms with Crippen LogP contribution < -0.4 is 0 Å². The van der Waals surface area contributed by atoms with Crippen LogP contribution in [-0.2, 0) is 27.1 Å². The van der Waals surface area contributed by atoms with Gasteiger partial charge in [0.15, 0.2) is 5.82 Å². The summed E-state index contributed by atoms with van der Waals surface area (Å²) in [5.41, 5.74) is -1.63. The minimum atomic E-state index is -4.75. The van der Waals surface area contributed by atoms with E-state index in [1.54, 1.807) is 37.8 Å². The minimum Gasteiger partial charge on any atom is -0.444 e. The highest BCUT2D eigenvalue weighted by atomic mass is 35.5. The molecular formula is C29H29Cl2F4NO3. The maximum atomic E-state index is 14.7. The molecule has 0 saturated carbocycles. The summed E-state index contributed by atoms with van der Waals surface area (Å²) < 4.78 is 69.7. The first-order valence-corrected chi connectivity index (χ1v) is 13.0. The lowest BCUT2D eigenvalue weighted by Crippen LogP contribution is -2.61. The van der Waals surface area contributed by atoms with Crippen LogP contribution in [0.3, 0.4) is 0 Å². The predicted octanol–water partition coefficient (Wildman–Crippen LogP) is 8.59. The molecule has 39 heavy (non-hydrogen) atoms. The molecule has 2 aromatic rings. The van der Waals surface area contributed by atoms with Gasteiger partial charge in [0.25, 0.3) is 0 Å². The van der Waals surface area contributed by atoms with Crippen molar-refractivity contribution in [2.45, 2.75) is 63.0 Å². The summed E-state index contributed by atoms with van der Waals surface area (Å²) >= 11 is 11.8. The number of ether oxygens (including phenoxy) is 2. The molecule has 1 saturated heterocycles. The lowest BCUT2D eigenvalue weighted by molar-refractivity contribution is -0.188. The number of carbonyl (C=O) groups excluding carboxylic acids is 1. The summed E-state index contributed by atoms with van der Waals surface area (Å²) in [7, 11) is 0. The molecule has 10 heteroatoms. The van der Waals surface area contributed by atoms with E-state index in [4.69, 9.17) is 32.7 Å². The van der Waals surface area contributed by atoms with Crippen molar-refractivity contribution in [1.82, 2.24) is 4.90 Å². The molecule has 1 spiro atoms. The summed E-state index contributed by atoms with van der Waals surface area (Å²) in [6.07, 6.45) is -5.04. The van der Waals surface area contributed by atoms with Crippen LogP contribution in [-0.4, -0.2) is 35.9 Å². The summed E-state index contributed by atoms with van der Waals surface area (Å²) in [6, 6.07) is 7.19. The Bertz CT molecular complexity index is 1310. The number of rotatable bonds is 6. The number of hydrogen-bond donors (Lipinski definition) is 0. The molecule has 2 aliphatic rings. The van der Waals surface area contributed by atoms with Gasteiger partial charge in [-0.05, 0) is 79.6 Å².